The lowest BCUT2D eigenvalue weighted by atomic mass is 9.94. The van der Waals surface area contributed by atoms with Crippen LogP contribution in [0.25, 0.3) is 76.2 Å². The highest BCUT2D eigenvalue weighted by Gasteiger charge is 2.22. The Morgan fingerprint density at radius 3 is 1.77 bits per heavy atom. The molecule has 48 heavy (non-hydrogen) atoms. The number of benzene rings is 9. The number of fused-ring (bicyclic) bond motifs is 10. The molecule has 0 N–H and O–H groups in total. The zero-order valence-corrected chi connectivity index (χ0v) is 26.1. The van der Waals surface area contributed by atoms with Gasteiger partial charge in [0.2, 0.25) is 0 Å². The molecule has 2 nitrogen and oxygen atoms in total. The summed E-state index contributed by atoms with van der Waals surface area (Å²) in [7, 11) is 0. The Morgan fingerprint density at radius 1 is 0.333 bits per heavy atom. The Hall–Kier alpha value is -6.38. The van der Waals surface area contributed by atoms with Crippen molar-refractivity contribution in [3.63, 3.8) is 0 Å². The normalized spacial score (nSPS) is 11.8. The van der Waals surface area contributed by atoms with E-state index < -0.39 is 0 Å². The van der Waals surface area contributed by atoms with Gasteiger partial charge in [0.1, 0.15) is 11.2 Å². The van der Waals surface area contributed by atoms with E-state index in [9.17, 15) is 0 Å². The molecule has 10 aromatic rings. The molecule has 0 saturated heterocycles. The Bertz CT molecular complexity index is 2850. The lowest BCUT2D eigenvalue weighted by Gasteiger charge is -2.30. The quantitative estimate of drug-likeness (QED) is 0.184. The number of hydrogen-bond acceptors (Lipinski definition) is 2. The molecule has 1 aromatic heterocycles. The summed E-state index contributed by atoms with van der Waals surface area (Å²) in [5, 5.41) is 12.0. The van der Waals surface area contributed by atoms with Crippen molar-refractivity contribution in [3.8, 4) is 11.1 Å². The Kier molecular flexibility index (Phi) is 5.91. The van der Waals surface area contributed by atoms with Crippen LogP contribution in [-0.4, -0.2) is 0 Å². The van der Waals surface area contributed by atoms with E-state index in [0.717, 1.165) is 49.8 Å². The third-order valence-corrected chi connectivity index (χ3v) is 9.83. The number of rotatable bonds is 4. The molecule has 0 saturated carbocycles. The van der Waals surface area contributed by atoms with Crippen LogP contribution < -0.4 is 4.90 Å². The molecular weight excluding hydrogens is 583 g/mol. The molecule has 0 spiro atoms. The maximum atomic E-state index is 6.55. The molecule has 2 heteroatoms. The second-order valence-corrected chi connectivity index (χ2v) is 12.5. The lowest BCUT2D eigenvalue weighted by molar-refractivity contribution is 0.672. The topological polar surface area (TPSA) is 16.4 Å². The van der Waals surface area contributed by atoms with Gasteiger partial charge in [0, 0.05) is 32.5 Å². The van der Waals surface area contributed by atoms with Gasteiger partial charge in [0.05, 0.1) is 17.1 Å². The summed E-state index contributed by atoms with van der Waals surface area (Å²) in [6, 6.07) is 63.3. The summed E-state index contributed by atoms with van der Waals surface area (Å²) in [5.74, 6) is 0. The van der Waals surface area contributed by atoms with Gasteiger partial charge in [-0.2, -0.15) is 0 Å². The van der Waals surface area contributed by atoms with E-state index in [4.69, 9.17) is 4.42 Å². The van der Waals surface area contributed by atoms with Crippen molar-refractivity contribution in [2.24, 2.45) is 0 Å². The molecule has 1 heterocycles. The predicted octanol–water partition coefficient (Wildman–Crippen LogP) is 13.3. The van der Waals surface area contributed by atoms with E-state index in [1.54, 1.807) is 0 Å². The predicted molar refractivity (Wildman–Crippen MR) is 204 cm³/mol. The summed E-state index contributed by atoms with van der Waals surface area (Å²) in [6.45, 7) is 0. The van der Waals surface area contributed by atoms with Gasteiger partial charge in [-0.1, -0.05) is 146 Å². The molecule has 0 aliphatic carbocycles. The van der Waals surface area contributed by atoms with Gasteiger partial charge >= 0.3 is 0 Å². The standard InChI is InChI=1S/C46H29NO/c1-2-12-30(13-3-1)33-15-6-8-20-41(33)47(43-22-11-19-39-36(43)28-29-40-37-17-7-9-23-44(37)48-46(39)40)42-21-10-18-38-35(42)27-26-32-25-24-31-14-4-5-16-34(31)45(32)38/h1-29H. The van der Waals surface area contributed by atoms with Gasteiger partial charge in [0.15, 0.2) is 0 Å². The monoisotopic (exact) mass is 611 g/mol. The van der Waals surface area contributed by atoms with Gasteiger partial charge in [0.25, 0.3) is 0 Å². The third kappa shape index (κ3) is 4.00. The van der Waals surface area contributed by atoms with Gasteiger partial charge in [-0.05, 0) is 62.8 Å². The van der Waals surface area contributed by atoms with E-state index in [0.29, 0.717) is 0 Å². The van der Waals surface area contributed by atoms with Crippen LogP contribution in [0.4, 0.5) is 17.1 Å². The Morgan fingerprint density at radius 2 is 0.896 bits per heavy atom. The van der Waals surface area contributed by atoms with Gasteiger partial charge in [-0.25, -0.2) is 0 Å². The molecule has 9 aromatic carbocycles. The third-order valence-electron chi connectivity index (χ3n) is 9.83. The number of furan rings is 1. The highest BCUT2D eigenvalue weighted by atomic mass is 16.3. The highest BCUT2D eigenvalue weighted by Crippen LogP contribution is 2.48. The summed E-state index contributed by atoms with van der Waals surface area (Å²) in [4.78, 5) is 2.46. The summed E-state index contributed by atoms with van der Waals surface area (Å²) in [6.07, 6.45) is 0. The van der Waals surface area contributed by atoms with Crippen molar-refractivity contribution < 1.29 is 4.42 Å². The fourth-order valence-corrected chi connectivity index (χ4v) is 7.68. The van der Waals surface area contributed by atoms with Crippen molar-refractivity contribution in [2.75, 3.05) is 4.90 Å². The maximum absolute atomic E-state index is 6.55. The molecular formula is C46H29NO. The smallest absolute Gasteiger partial charge is 0.143 e. The summed E-state index contributed by atoms with van der Waals surface area (Å²) >= 11 is 0. The van der Waals surface area contributed by atoms with E-state index in [1.165, 1.54) is 43.4 Å². The van der Waals surface area contributed by atoms with E-state index in [1.807, 2.05) is 6.07 Å². The Balaban J connectivity index is 1.32. The molecule has 10 rings (SSSR count). The van der Waals surface area contributed by atoms with Crippen molar-refractivity contribution >= 4 is 82.1 Å². The van der Waals surface area contributed by atoms with Gasteiger partial charge < -0.3 is 9.32 Å². The second kappa shape index (κ2) is 10.6. The van der Waals surface area contributed by atoms with E-state index >= 15 is 0 Å². The largest absolute Gasteiger partial charge is 0.455 e. The average Bonchev–Trinajstić information content (AvgIpc) is 3.55. The van der Waals surface area contributed by atoms with Crippen LogP contribution in [-0.2, 0) is 0 Å². The second-order valence-electron chi connectivity index (χ2n) is 12.5. The van der Waals surface area contributed by atoms with Crippen molar-refractivity contribution in [1.29, 1.82) is 0 Å². The number of anilines is 3. The van der Waals surface area contributed by atoms with E-state index in [2.05, 4.69) is 175 Å². The van der Waals surface area contributed by atoms with Crippen molar-refractivity contribution in [1.82, 2.24) is 0 Å². The first-order chi connectivity index (χ1) is 23.8. The molecule has 0 radical (unpaired) electrons. The molecule has 0 aliphatic heterocycles. The minimum atomic E-state index is 0.907. The minimum Gasteiger partial charge on any atom is -0.455 e. The van der Waals surface area contributed by atoms with Crippen LogP contribution in [0.15, 0.2) is 180 Å². The van der Waals surface area contributed by atoms with Crippen LogP contribution in [0.1, 0.15) is 0 Å². The number of para-hydroxylation sites is 2. The molecule has 0 amide bonds. The average molecular weight is 612 g/mol. The Labute approximate surface area is 277 Å². The number of nitrogens with zero attached hydrogens (tertiary/aromatic N) is 1. The van der Waals surface area contributed by atoms with E-state index in [-0.39, 0.29) is 0 Å². The molecule has 0 atom stereocenters. The molecule has 224 valence electrons. The highest BCUT2D eigenvalue weighted by molar-refractivity contribution is 6.23. The van der Waals surface area contributed by atoms with Gasteiger partial charge in [-0.3, -0.25) is 0 Å². The van der Waals surface area contributed by atoms with Crippen molar-refractivity contribution in [2.45, 2.75) is 0 Å². The molecule has 0 bridgehead atoms. The first-order valence-corrected chi connectivity index (χ1v) is 16.4. The van der Waals surface area contributed by atoms with Crippen LogP contribution in [0.2, 0.25) is 0 Å². The molecule has 0 aliphatic rings. The first kappa shape index (κ1) is 26.8. The lowest BCUT2D eigenvalue weighted by Crippen LogP contribution is -2.12. The zero-order chi connectivity index (χ0) is 31.6. The fourth-order valence-electron chi connectivity index (χ4n) is 7.68. The molecule has 0 fully saturated rings. The first-order valence-electron chi connectivity index (χ1n) is 16.4. The zero-order valence-electron chi connectivity index (χ0n) is 26.1. The minimum absolute atomic E-state index is 0.907. The molecule has 0 unspecified atom stereocenters. The number of hydrogen-bond donors (Lipinski definition) is 0. The fraction of sp³-hybridized carbons (Fsp3) is 0. The van der Waals surface area contributed by atoms with Crippen LogP contribution in [0.3, 0.4) is 0 Å². The van der Waals surface area contributed by atoms with Gasteiger partial charge in [-0.15, -0.1) is 0 Å². The van der Waals surface area contributed by atoms with Crippen molar-refractivity contribution in [3.05, 3.63) is 176 Å². The van der Waals surface area contributed by atoms with Crippen LogP contribution >= 0.6 is 0 Å². The maximum Gasteiger partial charge on any atom is 0.143 e. The van der Waals surface area contributed by atoms with Crippen LogP contribution in [0, 0.1) is 0 Å². The summed E-state index contributed by atoms with van der Waals surface area (Å²) in [5.41, 5.74) is 7.52. The summed E-state index contributed by atoms with van der Waals surface area (Å²) < 4.78 is 6.55. The van der Waals surface area contributed by atoms with Crippen LogP contribution in [0.5, 0.6) is 0 Å². The SMILES string of the molecule is c1ccc(-c2ccccc2N(c2cccc3c2ccc2c4ccccc4oc32)c2cccc3c2ccc2ccc4ccccc4c23)cc1.